The van der Waals surface area contributed by atoms with Gasteiger partial charge in [-0.05, 0) is 25.0 Å². The smallest absolute Gasteiger partial charge is 0.129 e. The fourth-order valence-corrected chi connectivity index (χ4v) is 4.15. The minimum Gasteiger partial charge on any atom is -0.462 e. The van der Waals surface area contributed by atoms with Gasteiger partial charge in [0.15, 0.2) is 0 Å². The van der Waals surface area contributed by atoms with Gasteiger partial charge in [0.05, 0.1) is 11.8 Å². The molecule has 2 N–H and O–H groups in total. The highest BCUT2D eigenvalue weighted by atomic mass is 32.2. The van der Waals surface area contributed by atoms with Crippen LogP contribution in [0.5, 0.6) is 0 Å². The third-order valence-electron chi connectivity index (χ3n) is 3.74. The van der Waals surface area contributed by atoms with Crippen molar-refractivity contribution in [3.8, 4) is 0 Å². The molecule has 0 spiro atoms. The molecule has 19 heavy (non-hydrogen) atoms. The molecule has 1 fully saturated rings. The van der Waals surface area contributed by atoms with Crippen LogP contribution < -0.4 is 5.32 Å². The van der Waals surface area contributed by atoms with Gasteiger partial charge >= 0.3 is 0 Å². The maximum atomic E-state index is 12.1. The van der Waals surface area contributed by atoms with Crippen LogP contribution in [0, 0.1) is 0 Å². The van der Waals surface area contributed by atoms with Crippen molar-refractivity contribution in [2.75, 3.05) is 5.75 Å². The zero-order valence-corrected chi connectivity index (χ0v) is 12.2. The van der Waals surface area contributed by atoms with Gasteiger partial charge in [-0.2, -0.15) is 0 Å². The van der Waals surface area contributed by atoms with E-state index >= 15 is 0 Å². The Morgan fingerprint density at radius 1 is 1.37 bits per heavy atom. The molecular formula is C14H23NO3S. The van der Waals surface area contributed by atoms with Crippen LogP contribution in [0.1, 0.15) is 44.1 Å². The lowest BCUT2D eigenvalue weighted by Gasteiger charge is -2.31. The lowest BCUT2D eigenvalue weighted by molar-refractivity contribution is 0.241. The predicted molar refractivity (Wildman–Crippen MR) is 76.2 cm³/mol. The number of aliphatic hydroxyl groups excluding tert-OH is 1. The van der Waals surface area contributed by atoms with E-state index in [0.29, 0.717) is 18.3 Å². The van der Waals surface area contributed by atoms with Crippen molar-refractivity contribution in [1.82, 2.24) is 5.32 Å². The molecule has 0 saturated heterocycles. The van der Waals surface area contributed by atoms with Gasteiger partial charge < -0.3 is 14.8 Å². The molecule has 3 atom stereocenters. The van der Waals surface area contributed by atoms with E-state index < -0.39 is 10.8 Å². The summed E-state index contributed by atoms with van der Waals surface area (Å²) in [6, 6.07) is 3.99. The van der Waals surface area contributed by atoms with E-state index in [1.165, 1.54) is 12.8 Å². The van der Waals surface area contributed by atoms with Crippen molar-refractivity contribution in [2.24, 2.45) is 0 Å². The highest BCUT2D eigenvalue weighted by Crippen LogP contribution is 2.23. The summed E-state index contributed by atoms with van der Waals surface area (Å²) in [6.45, 7) is 2.57. The van der Waals surface area contributed by atoms with E-state index in [2.05, 4.69) is 5.32 Å². The maximum absolute atomic E-state index is 12.1. The lowest BCUT2D eigenvalue weighted by atomic mass is 9.95. The molecule has 108 valence electrons. The summed E-state index contributed by atoms with van der Waals surface area (Å²) >= 11 is 0. The van der Waals surface area contributed by atoms with E-state index in [9.17, 15) is 4.21 Å². The van der Waals surface area contributed by atoms with Gasteiger partial charge in [0, 0.05) is 22.6 Å². The monoisotopic (exact) mass is 285 g/mol. The van der Waals surface area contributed by atoms with Crippen LogP contribution in [-0.4, -0.2) is 26.4 Å². The number of furan rings is 1. The molecule has 0 aliphatic heterocycles. The summed E-state index contributed by atoms with van der Waals surface area (Å²) in [5, 5.41) is 12.7. The normalized spacial score (nSPS) is 25.4. The summed E-state index contributed by atoms with van der Waals surface area (Å²) in [5.74, 6) is 2.16. The molecule has 1 aliphatic carbocycles. The Morgan fingerprint density at radius 3 is 2.79 bits per heavy atom. The Morgan fingerprint density at radius 2 is 2.11 bits per heavy atom. The summed E-state index contributed by atoms with van der Waals surface area (Å²) in [7, 11) is -0.731. The molecule has 0 bridgehead atoms. The average Bonchev–Trinajstić information content (AvgIpc) is 2.92. The Labute approximate surface area is 117 Å². The van der Waals surface area contributed by atoms with Crippen molar-refractivity contribution < 1.29 is 13.7 Å². The quantitative estimate of drug-likeness (QED) is 0.838. The third kappa shape index (κ3) is 3.91. The van der Waals surface area contributed by atoms with Crippen molar-refractivity contribution in [3.05, 3.63) is 23.7 Å². The highest BCUT2D eigenvalue weighted by molar-refractivity contribution is 7.85. The first-order valence-corrected chi connectivity index (χ1v) is 8.41. The SMILES string of the molecule is CC[S@](=O)[C@@H]1CCCC[C@H]1NCc1ccc(CO)o1. The Kier molecular flexibility index (Phi) is 5.60. The first kappa shape index (κ1) is 14.8. The third-order valence-corrected chi connectivity index (χ3v) is 5.54. The Hall–Kier alpha value is -0.650. The van der Waals surface area contributed by atoms with Crippen LogP contribution in [-0.2, 0) is 24.0 Å². The average molecular weight is 285 g/mol. The fraction of sp³-hybridized carbons (Fsp3) is 0.714. The second-order valence-electron chi connectivity index (χ2n) is 5.01. The molecule has 1 heterocycles. The molecule has 1 aromatic rings. The molecule has 4 nitrogen and oxygen atoms in total. The van der Waals surface area contributed by atoms with Crippen LogP contribution in [0.3, 0.4) is 0 Å². The van der Waals surface area contributed by atoms with Gasteiger partial charge in [0.2, 0.25) is 0 Å². The molecule has 0 aromatic carbocycles. The van der Waals surface area contributed by atoms with Gasteiger partial charge in [-0.25, -0.2) is 0 Å². The van der Waals surface area contributed by atoms with Gasteiger partial charge in [0.1, 0.15) is 18.1 Å². The second kappa shape index (κ2) is 7.22. The highest BCUT2D eigenvalue weighted by Gasteiger charge is 2.28. The van der Waals surface area contributed by atoms with E-state index in [0.717, 1.165) is 24.4 Å². The number of aliphatic hydroxyl groups is 1. The maximum Gasteiger partial charge on any atom is 0.129 e. The van der Waals surface area contributed by atoms with Gasteiger partial charge in [-0.1, -0.05) is 19.8 Å². The summed E-state index contributed by atoms with van der Waals surface area (Å²) in [5.41, 5.74) is 0. The fourth-order valence-electron chi connectivity index (χ4n) is 2.69. The Bertz CT molecular complexity index is 419. The van der Waals surface area contributed by atoms with Crippen LogP contribution in [0.25, 0.3) is 0 Å². The first-order chi connectivity index (χ1) is 9.24. The zero-order valence-electron chi connectivity index (χ0n) is 11.4. The van der Waals surface area contributed by atoms with E-state index in [1.807, 2.05) is 13.0 Å². The molecular weight excluding hydrogens is 262 g/mol. The van der Waals surface area contributed by atoms with Crippen molar-refractivity contribution >= 4 is 10.8 Å². The lowest BCUT2D eigenvalue weighted by Crippen LogP contribution is -2.44. The van der Waals surface area contributed by atoms with Gasteiger partial charge in [-0.3, -0.25) is 4.21 Å². The van der Waals surface area contributed by atoms with E-state index in [-0.39, 0.29) is 11.9 Å². The molecule has 0 amide bonds. The number of nitrogens with one attached hydrogen (secondary N) is 1. The van der Waals surface area contributed by atoms with Gasteiger partial charge in [0.25, 0.3) is 0 Å². The molecule has 0 radical (unpaired) electrons. The number of rotatable bonds is 6. The standard InChI is InChI=1S/C14H23NO3S/c1-2-19(17)14-6-4-3-5-13(14)15-9-11-7-8-12(10-16)18-11/h7-8,13-16H,2-6,9-10H2,1H3/t13-,14-,19+/m1/s1. The number of hydrogen-bond acceptors (Lipinski definition) is 4. The van der Waals surface area contributed by atoms with Crippen LogP contribution in [0.15, 0.2) is 16.5 Å². The molecule has 1 aliphatic rings. The second-order valence-corrected chi connectivity index (χ2v) is 6.95. The predicted octanol–water partition coefficient (Wildman–Crippen LogP) is 1.94. The summed E-state index contributed by atoms with van der Waals surface area (Å²) in [4.78, 5) is 0. The minimum atomic E-state index is -0.731. The zero-order chi connectivity index (χ0) is 13.7. The summed E-state index contributed by atoms with van der Waals surface area (Å²) < 4.78 is 17.5. The van der Waals surface area contributed by atoms with Crippen LogP contribution in [0.2, 0.25) is 0 Å². The molecule has 0 unspecified atom stereocenters. The molecule has 5 heteroatoms. The van der Waals surface area contributed by atoms with Crippen molar-refractivity contribution in [3.63, 3.8) is 0 Å². The summed E-state index contributed by atoms with van der Waals surface area (Å²) in [6.07, 6.45) is 4.53. The minimum absolute atomic E-state index is 0.0636. The number of hydrogen-bond donors (Lipinski definition) is 2. The van der Waals surface area contributed by atoms with Crippen LogP contribution in [0.4, 0.5) is 0 Å². The topological polar surface area (TPSA) is 62.5 Å². The largest absolute Gasteiger partial charge is 0.462 e. The molecule has 1 aromatic heterocycles. The van der Waals surface area contributed by atoms with E-state index in [1.54, 1.807) is 6.07 Å². The van der Waals surface area contributed by atoms with E-state index in [4.69, 9.17) is 9.52 Å². The van der Waals surface area contributed by atoms with Gasteiger partial charge in [-0.15, -0.1) is 0 Å². The van der Waals surface area contributed by atoms with Crippen molar-refractivity contribution in [2.45, 2.75) is 57.1 Å². The molecule has 2 rings (SSSR count). The first-order valence-electron chi connectivity index (χ1n) is 7.03. The van der Waals surface area contributed by atoms with Crippen LogP contribution >= 0.6 is 0 Å². The Balaban J connectivity index is 1.90. The van der Waals surface area contributed by atoms with Crippen molar-refractivity contribution in [1.29, 1.82) is 0 Å². The molecule has 1 saturated carbocycles.